The molecule has 0 aromatic heterocycles. The van der Waals surface area contributed by atoms with Gasteiger partial charge in [0.25, 0.3) is 0 Å². The molecule has 0 spiro atoms. The second-order valence-corrected chi connectivity index (χ2v) is 5.72. The summed E-state index contributed by atoms with van der Waals surface area (Å²) in [6, 6.07) is 9.17. The molecule has 1 aromatic rings. The molecule has 1 aromatic carbocycles. The number of aryl methyl sites for hydroxylation is 1. The molecule has 0 heterocycles. The van der Waals surface area contributed by atoms with E-state index in [1.54, 1.807) is 6.92 Å². The highest BCUT2D eigenvalue weighted by Crippen LogP contribution is 2.29. The smallest absolute Gasteiger partial charge is 0.131 e. The van der Waals surface area contributed by atoms with Crippen LogP contribution in [0.15, 0.2) is 24.3 Å². The van der Waals surface area contributed by atoms with Gasteiger partial charge in [0.1, 0.15) is 5.78 Å². The first kappa shape index (κ1) is 14.1. The minimum Gasteiger partial charge on any atom is -0.368 e. The molecule has 2 nitrogen and oxygen atoms in total. The third-order valence-corrected chi connectivity index (χ3v) is 4.15. The Morgan fingerprint density at radius 2 is 1.89 bits per heavy atom. The fraction of sp³-hybridized carbons (Fsp3) is 0.588. The van der Waals surface area contributed by atoms with Crippen molar-refractivity contribution in [3.8, 4) is 0 Å². The zero-order valence-electron chi connectivity index (χ0n) is 12.2. The number of rotatable bonds is 5. The third-order valence-electron chi connectivity index (χ3n) is 4.15. The van der Waals surface area contributed by atoms with Crippen molar-refractivity contribution in [2.24, 2.45) is 0 Å². The maximum Gasteiger partial charge on any atom is 0.131 e. The fourth-order valence-electron chi connectivity index (χ4n) is 3.06. The summed E-state index contributed by atoms with van der Waals surface area (Å²) in [5.74, 6) is 0.286. The first-order valence-electron chi connectivity index (χ1n) is 7.50. The van der Waals surface area contributed by atoms with Gasteiger partial charge in [-0.25, -0.2) is 0 Å². The van der Waals surface area contributed by atoms with Crippen LogP contribution in [-0.4, -0.2) is 18.4 Å². The zero-order valence-corrected chi connectivity index (χ0v) is 12.2. The van der Waals surface area contributed by atoms with Crippen LogP contribution in [0.5, 0.6) is 0 Å². The minimum atomic E-state index is 0.286. The van der Waals surface area contributed by atoms with Crippen LogP contribution < -0.4 is 4.90 Å². The van der Waals surface area contributed by atoms with E-state index < -0.39 is 0 Å². The summed E-state index contributed by atoms with van der Waals surface area (Å²) in [5.41, 5.74) is 2.63. The molecule has 0 bridgehead atoms. The lowest BCUT2D eigenvalue weighted by molar-refractivity contribution is -0.116. The second kappa shape index (κ2) is 6.74. The Kier molecular flexibility index (Phi) is 5.00. The summed E-state index contributed by atoms with van der Waals surface area (Å²) in [6.45, 7) is 4.72. The van der Waals surface area contributed by atoms with Gasteiger partial charge in [0, 0.05) is 24.7 Å². The average Bonchev–Trinajstić information content (AvgIpc) is 2.42. The van der Waals surface area contributed by atoms with Crippen LogP contribution in [0.25, 0.3) is 0 Å². The molecular weight excluding hydrogens is 234 g/mol. The highest BCUT2D eigenvalue weighted by atomic mass is 16.1. The van der Waals surface area contributed by atoms with E-state index in [0.29, 0.717) is 12.5 Å². The highest BCUT2D eigenvalue weighted by molar-refractivity contribution is 5.76. The van der Waals surface area contributed by atoms with Crippen LogP contribution in [0.1, 0.15) is 51.0 Å². The molecule has 0 radical (unpaired) electrons. The van der Waals surface area contributed by atoms with Gasteiger partial charge >= 0.3 is 0 Å². The van der Waals surface area contributed by atoms with Gasteiger partial charge in [-0.05, 0) is 38.3 Å². The maximum atomic E-state index is 11.3. The summed E-state index contributed by atoms with van der Waals surface area (Å²) in [7, 11) is 0. The van der Waals surface area contributed by atoms with E-state index in [4.69, 9.17) is 0 Å². The quantitative estimate of drug-likeness (QED) is 0.793. The van der Waals surface area contributed by atoms with Crippen molar-refractivity contribution in [3.63, 3.8) is 0 Å². The van der Waals surface area contributed by atoms with Crippen molar-refractivity contribution in [3.05, 3.63) is 29.8 Å². The van der Waals surface area contributed by atoms with Gasteiger partial charge in [-0.15, -0.1) is 0 Å². The number of hydrogen-bond acceptors (Lipinski definition) is 2. The van der Waals surface area contributed by atoms with Crippen LogP contribution in [0.4, 0.5) is 5.69 Å². The van der Waals surface area contributed by atoms with Gasteiger partial charge < -0.3 is 4.90 Å². The second-order valence-electron chi connectivity index (χ2n) is 5.72. The third kappa shape index (κ3) is 3.82. The van der Waals surface area contributed by atoms with E-state index in [2.05, 4.69) is 36.1 Å². The van der Waals surface area contributed by atoms with E-state index in [1.165, 1.54) is 43.4 Å². The Balaban J connectivity index is 2.17. The van der Waals surface area contributed by atoms with Gasteiger partial charge in [0.05, 0.1) is 0 Å². The fourth-order valence-corrected chi connectivity index (χ4v) is 3.06. The molecule has 1 aliphatic carbocycles. The van der Waals surface area contributed by atoms with Crippen LogP contribution in [-0.2, 0) is 4.79 Å². The summed E-state index contributed by atoms with van der Waals surface area (Å²) in [6.07, 6.45) is 7.22. The molecule has 0 N–H and O–H groups in total. The summed E-state index contributed by atoms with van der Waals surface area (Å²) in [4.78, 5) is 13.8. The van der Waals surface area contributed by atoms with E-state index >= 15 is 0 Å². The SMILES string of the molecule is CC(=O)CCN(c1ccccc1C)C1CCCCC1. The van der Waals surface area contributed by atoms with Crippen molar-refractivity contribution >= 4 is 11.5 Å². The molecule has 0 aliphatic heterocycles. The lowest BCUT2D eigenvalue weighted by Crippen LogP contribution is -2.38. The maximum absolute atomic E-state index is 11.3. The van der Waals surface area contributed by atoms with Crippen molar-refractivity contribution < 1.29 is 4.79 Å². The molecule has 1 fully saturated rings. The largest absolute Gasteiger partial charge is 0.368 e. The molecule has 0 atom stereocenters. The molecule has 2 heteroatoms. The Hall–Kier alpha value is -1.31. The number of benzene rings is 1. The van der Waals surface area contributed by atoms with Crippen molar-refractivity contribution in [2.75, 3.05) is 11.4 Å². The predicted molar refractivity (Wildman–Crippen MR) is 80.7 cm³/mol. The molecular formula is C17H25NO. The Morgan fingerprint density at radius 1 is 1.21 bits per heavy atom. The lowest BCUT2D eigenvalue weighted by Gasteiger charge is -2.37. The van der Waals surface area contributed by atoms with Gasteiger partial charge in [0.2, 0.25) is 0 Å². The monoisotopic (exact) mass is 259 g/mol. The van der Waals surface area contributed by atoms with E-state index in [-0.39, 0.29) is 5.78 Å². The Labute approximate surface area is 116 Å². The number of carbonyl (C=O) groups excluding carboxylic acids is 1. The molecule has 0 unspecified atom stereocenters. The standard InChI is InChI=1S/C17H25NO/c1-14-8-6-7-11-17(14)18(13-12-15(2)19)16-9-4-3-5-10-16/h6-8,11,16H,3-5,9-10,12-13H2,1-2H3. The van der Waals surface area contributed by atoms with Crippen LogP contribution >= 0.6 is 0 Å². The van der Waals surface area contributed by atoms with Gasteiger partial charge in [-0.3, -0.25) is 4.79 Å². The lowest BCUT2D eigenvalue weighted by atomic mass is 9.93. The zero-order chi connectivity index (χ0) is 13.7. The van der Waals surface area contributed by atoms with Crippen molar-refractivity contribution in [1.29, 1.82) is 0 Å². The first-order valence-corrected chi connectivity index (χ1v) is 7.50. The highest BCUT2D eigenvalue weighted by Gasteiger charge is 2.22. The van der Waals surface area contributed by atoms with Crippen LogP contribution in [0, 0.1) is 6.92 Å². The van der Waals surface area contributed by atoms with Gasteiger partial charge in [-0.2, -0.15) is 0 Å². The number of carbonyl (C=O) groups is 1. The first-order chi connectivity index (χ1) is 9.18. The molecule has 0 amide bonds. The molecule has 1 aliphatic rings. The molecule has 0 saturated heterocycles. The van der Waals surface area contributed by atoms with Crippen molar-refractivity contribution in [1.82, 2.24) is 0 Å². The minimum absolute atomic E-state index is 0.286. The van der Waals surface area contributed by atoms with Crippen molar-refractivity contribution in [2.45, 2.75) is 58.4 Å². The summed E-state index contributed by atoms with van der Waals surface area (Å²) >= 11 is 0. The Bertz CT molecular complexity index is 421. The molecule has 19 heavy (non-hydrogen) atoms. The summed E-state index contributed by atoms with van der Waals surface area (Å²) < 4.78 is 0. The Morgan fingerprint density at radius 3 is 2.53 bits per heavy atom. The average molecular weight is 259 g/mol. The molecule has 2 rings (SSSR count). The van der Waals surface area contributed by atoms with Crippen LogP contribution in [0.2, 0.25) is 0 Å². The van der Waals surface area contributed by atoms with Crippen LogP contribution in [0.3, 0.4) is 0 Å². The molecule has 104 valence electrons. The summed E-state index contributed by atoms with van der Waals surface area (Å²) in [5, 5.41) is 0. The normalized spacial score (nSPS) is 16.3. The van der Waals surface area contributed by atoms with E-state index in [0.717, 1.165) is 6.54 Å². The number of ketones is 1. The van der Waals surface area contributed by atoms with E-state index in [1.807, 2.05) is 0 Å². The number of anilines is 1. The number of hydrogen-bond donors (Lipinski definition) is 0. The van der Waals surface area contributed by atoms with Gasteiger partial charge in [0.15, 0.2) is 0 Å². The number of nitrogens with zero attached hydrogens (tertiary/aromatic N) is 1. The van der Waals surface area contributed by atoms with E-state index in [9.17, 15) is 4.79 Å². The van der Waals surface area contributed by atoms with Gasteiger partial charge in [-0.1, -0.05) is 37.5 Å². The topological polar surface area (TPSA) is 20.3 Å². The predicted octanol–water partition coefficient (Wildman–Crippen LogP) is 4.11. The molecule has 1 saturated carbocycles. The number of para-hydroxylation sites is 1. The number of Topliss-reactive ketones (excluding diaryl/α,β-unsaturated/α-hetero) is 1.